The van der Waals surface area contributed by atoms with Gasteiger partial charge in [0.1, 0.15) is 0 Å². The van der Waals surface area contributed by atoms with Crippen LogP contribution in [0.1, 0.15) is 12.0 Å². The Labute approximate surface area is 106 Å². The Hall–Kier alpha value is -0.650. The van der Waals surface area contributed by atoms with E-state index in [2.05, 4.69) is 12.2 Å². The summed E-state index contributed by atoms with van der Waals surface area (Å²) in [5.74, 6) is -0.0161. The van der Waals surface area contributed by atoms with Gasteiger partial charge in [0.05, 0.1) is 16.5 Å². The van der Waals surface area contributed by atoms with Gasteiger partial charge in [0, 0.05) is 11.4 Å². The third kappa shape index (κ3) is 4.92. The Morgan fingerprint density at radius 2 is 1.88 bits per heavy atom. The van der Waals surface area contributed by atoms with Gasteiger partial charge in [-0.25, -0.2) is 8.42 Å². The summed E-state index contributed by atoms with van der Waals surface area (Å²) in [6, 6.07) is 6.72. The molecule has 1 aromatic rings. The van der Waals surface area contributed by atoms with Crippen molar-refractivity contribution in [1.82, 2.24) is 0 Å². The highest BCUT2D eigenvalue weighted by Gasteiger charge is 2.12. The van der Waals surface area contributed by atoms with E-state index in [0.29, 0.717) is 10.6 Å². The number of rotatable bonds is 5. The number of hydrogen-bond donors (Lipinski definition) is 1. The second kappa shape index (κ2) is 5.61. The van der Waals surface area contributed by atoms with Crippen LogP contribution in [-0.2, 0) is 15.6 Å². The van der Waals surface area contributed by atoms with Crippen LogP contribution in [0, 0.1) is 0 Å². The van der Waals surface area contributed by atoms with Crippen molar-refractivity contribution in [1.29, 1.82) is 0 Å². The van der Waals surface area contributed by atoms with E-state index in [0.717, 1.165) is 0 Å². The van der Waals surface area contributed by atoms with E-state index in [1.54, 1.807) is 24.3 Å². The van der Waals surface area contributed by atoms with E-state index in [1.165, 1.54) is 0 Å². The quantitative estimate of drug-likeness (QED) is 0.836. The number of hydrogen-bond acceptors (Lipinski definition) is 3. The molecule has 0 heterocycles. The number of thiocarbonyl (C=S) groups is 1. The zero-order chi connectivity index (χ0) is 12.2. The van der Waals surface area contributed by atoms with Gasteiger partial charge >= 0.3 is 0 Å². The van der Waals surface area contributed by atoms with Gasteiger partial charge in [0.2, 0.25) is 0 Å². The standard InChI is InChI=1S/C10H12ClNO2S2/c11-9-3-1-8(2-4-9)7-16(13,14)6-5-10(12)15/h1-4H,5-7H2,(H2,12,15). The molecule has 0 bridgehead atoms. The van der Waals surface area contributed by atoms with Crippen LogP contribution >= 0.6 is 23.8 Å². The van der Waals surface area contributed by atoms with Crippen molar-refractivity contribution in [2.45, 2.75) is 12.2 Å². The maximum absolute atomic E-state index is 11.6. The summed E-state index contributed by atoms with van der Waals surface area (Å²) in [6.07, 6.45) is 0.227. The lowest BCUT2D eigenvalue weighted by Gasteiger charge is -2.04. The first kappa shape index (κ1) is 13.4. The third-order valence-electron chi connectivity index (χ3n) is 1.96. The molecule has 1 aromatic carbocycles. The van der Waals surface area contributed by atoms with Crippen LogP contribution < -0.4 is 5.73 Å². The van der Waals surface area contributed by atoms with E-state index >= 15 is 0 Å². The van der Waals surface area contributed by atoms with Gasteiger partial charge in [-0.15, -0.1) is 0 Å². The second-order valence-electron chi connectivity index (χ2n) is 3.43. The minimum Gasteiger partial charge on any atom is -0.393 e. The van der Waals surface area contributed by atoms with Crippen molar-refractivity contribution >= 4 is 38.6 Å². The van der Waals surface area contributed by atoms with E-state index in [-0.39, 0.29) is 22.9 Å². The maximum atomic E-state index is 11.6. The van der Waals surface area contributed by atoms with Gasteiger partial charge in [-0.3, -0.25) is 0 Å². The predicted molar refractivity (Wildman–Crippen MR) is 70.3 cm³/mol. The summed E-state index contributed by atoms with van der Waals surface area (Å²) >= 11 is 10.3. The molecular formula is C10H12ClNO2S2. The van der Waals surface area contributed by atoms with E-state index in [9.17, 15) is 8.42 Å². The average Bonchev–Trinajstić information content (AvgIpc) is 2.19. The van der Waals surface area contributed by atoms with Gasteiger partial charge in [-0.2, -0.15) is 0 Å². The van der Waals surface area contributed by atoms with E-state index < -0.39 is 9.84 Å². The molecule has 0 radical (unpaired) electrons. The molecule has 0 saturated heterocycles. The molecule has 16 heavy (non-hydrogen) atoms. The largest absolute Gasteiger partial charge is 0.393 e. The van der Waals surface area contributed by atoms with Crippen molar-refractivity contribution in [2.24, 2.45) is 5.73 Å². The molecule has 0 saturated carbocycles. The Morgan fingerprint density at radius 3 is 2.38 bits per heavy atom. The molecule has 0 aliphatic carbocycles. The number of sulfone groups is 1. The van der Waals surface area contributed by atoms with E-state index in [1.807, 2.05) is 0 Å². The van der Waals surface area contributed by atoms with Gasteiger partial charge in [-0.1, -0.05) is 36.0 Å². The number of nitrogens with two attached hydrogens (primary N) is 1. The van der Waals surface area contributed by atoms with Crippen LogP contribution in [-0.4, -0.2) is 19.2 Å². The lowest BCUT2D eigenvalue weighted by Crippen LogP contribution is -2.16. The molecule has 0 spiro atoms. The first-order valence-electron chi connectivity index (χ1n) is 4.62. The molecular weight excluding hydrogens is 266 g/mol. The van der Waals surface area contributed by atoms with Crippen molar-refractivity contribution in [2.75, 3.05) is 5.75 Å². The third-order valence-corrected chi connectivity index (χ3v) is 4.01. The fourth-order valence-corrected chi connectivity index (χ4v) is 2.90. The highest BCUT2D eigenvalue weighted by molar-refractivity contribution is 7.90. The number of halogens is 1. The Bertz CT molecular complexity index is 468. The molecule has 0 fully saturated rings. The molecule has 2 N–H and O–H groups in total. The summed E-state index contributed by atoms with van der Waals surface area (Å²) in [7, 11) is -3.15. The van der Waals surface area contributed by atoms with Gasteiger partial charge < -0.3 is 5.73 Å². The van der Waals surface area contributed by atoms with E-state index in [4.69, 9.17) is 17.3 Å². The topological polar surface area (TPSA) is 60.2 Å². The lowest BCUT2D eigenvalue weighted by molar-refractivity contribution is 0.595. The summed E-state index contributed by atoms with van der Waals surface area (Å²) in [5.41, 5.74) is 5.98. The maximum Gasteiger partial charge on any atom is 0.154 e. The summed E-state index contributed by atoms with van der Waals surface area (Å²) in [5, 5.41) is 0.587. The van der Waals surface area contributed by atoms with Gasteiger partial charge in [0.25, 0.3) is 0 Å². The number of benzene rings is 1. The minimum absolute atomic E-state index is 0.00716. The Balaban J connectivity index is 2.65. The zero-order valence-electron chi connectivity index (χ0n) is 8.52. The highest BCUT2D eigenvalue weighted by atomic mass is 35.5. The summed E-state index contributed by atoms with van der Waals surface area (Å²) in [4.78, 5) is 0.222. The van der Waals surface area contributed by atoms with Crippen LogP contribution in [0.25, 0.3) is 0 Å². The Morgan fingerprint density at radius 1 is 1.31 bits per heavy atom. The molecule has 0 aliphatic rings. The van der Waals surface area contributed by atoms with Crippen molar-refractivity contribution in [3.8, 4) is 0 Å². The van der Waals surface area contributed by atoms with Crippen LogP contribution in [0.5, 0.6) is 0 Å². The second-order valence-corrected chi connectivity index (χ2v) is 6.58. The molecule has 0 unspecified atom stereocenters. The van der Waals surface area contributed by atoms with Crippen LogP contribution in [0.15, 0.2) is 24.3 Å². The zero-order valence-corrected chi connectivity index (χ0v) is 10.9. The molecule has 6 heteroatoms. The highest BCUT2D eigenvalue weighted by Crippen LogP contribution is 2.12. The normalized spacial score (nSPS) is 11.3. The first-order valence-corrected chi connectivity index (χ1v) is 7.23. The monoisotopic (exact) mass is 277 g/mol. The van der Waals surface area contributed by atoms with Crippen LogP contribution in [0.4, 0.5) is 0 Å². The van der Waals surface area contributed by atoms with Crippen LogP contribution in [0.3, 0.4) is 0 Å². The minimum atomic E-state index is -3.15. The fraction of sp³-hybridized carbons (Fsp3) is 0.300. The molecule has 0 amide bonds. The van der Waals surface area contributed by atoms with Gasteiger partial charge in [0.15, 0.2) is 9.84 Å². The van der Waals surface area contributed by atoms with Crippen molar-refractivity contribution < 1.29 is 8.42 Å². The molecule has 3 nitrogen and oxygen atoms in total. The molecule has 1 rings (SSSR count). The Kier molecular flexibility index (Phi) is 4.70. The SMILES string of the molecule is NC(=S)CCS(=O)(=O)Cc1ccc(Cl)cc1. The average molecular weight is 278 g/mol. The lowest BCUT2D eigenvalue weighted by atomic mass is 10.2. The van der Waals surface area contributed by atoms with Crippen molar-refractivity contribution in [3.05, 3.63) is 34.9 Å². The summed E-state index contributed by atoms with van der Waals surface area (Å²) < 4.78 is 23.3. The van der Waals surface area contributed by atoms with Crippen molar-refractivity contribution in [3.63, 3.8) is 0 Å². The molecule has 0 atom stereocenters. The first-order chi connectivity index (χ1) is 7.39. The molecule has 0 aromatic heterocycles. The smallest absolute Gasteiger partial charge is 0.154 e. The van der Waals surface area contributed by atoms with Crippen LogP contribution in [0.2, 0.25) is 5.02 Å². The summed E-state index contributed by atoms with van der Waals surface area (Å²) in [6.45, 7) is 0. The molecule has 0 aliphatic heterocycles. The van der Waals surface area contributed by atoms with Gasteiger partial charge in [-0.05, 0) is 17.7 Å². The molecule has 88 valence electrons. The fourth-order valence-electron chi connectivity index (χ4n) is 1.16. The predicted octanol–water partition coefficient (Wildman–Crippen LogP) is 1.93.